The Hall–Kier alpha value is -2.43. The third kappa shape index (κ3) is 6.27. The quantitative estimate of drug-likeness (QED) is 0.449. The van der Waals surface area contributed by atoms with Crippen LogP contribution >= 0.6 is 27.5 Å². The van der Waals surface area contributed by atoms with Crippen molar-refractivity contribution in [2.75, 3.05) is 36.5 Å². The van der Waals surface area contributed by atoms with Gasteiger partial charge in [0.1, 0.15) is 5.75 Å². The van der Waals surface area contributed by atoms with Crippen molar-refractivity contribution >= 4 is 50.7 Å². The van der Waals surface area contributed by atoms with Crippen LogP contribution in [0.2, 0.25) is 0 Å². The number of halogens is 4. The molecule has 0 aliphatic carbocycles. The van der Waals surface area contributed by atoms with Gasteiger partial charge < -0.3 is 24.6 Å². The van der Waals surface area contributed by atoms with E-state index in [1.54, 1.807) is 6.07 Å². The highest BCUT2D eigenvalue weighted by Crippen LogP contribution is 2.42. The molecule has 2 aromatic rings. The van der Waals surface area contributed by atoms with Crippen LogP contribution in [0, 0.1) is 0 Å². The van der Waals surface area contributed by atoms with Crippen molar-refractivity contribution in [2.45, 2.75) is 44.3 Å². The van der Waals surface area contributed by atoms with Crippen LogP contribution in [-0.2, 0) is 16.0 Å². The van der Waals surface area contributed by atoms with Gasteiger partial charge >= 0.3 is 5.57 Å². The molecule has 2 amide bonds. The topological polar surface area (TPSA) is 71.1 Å². The Kier molecular flexibility index (Phi) is 8.06. The number of carbonyl (C=O) groups is 2. The number of anilines is 2. The first-order valence-corrected chi connectivity index (χ1v) is 12.8. The van der Waals surface area contributed by atoms with E-state index < -0.39 is 5.57 Å². The first-order valence-electron chi connectivity index (χ1n) is 11.7. The van der Waals surface area contributed by atoms with E-state index >= 15 is 0 Å². The molecule has 0 aromatic heterocycles. The molecule has 11 heteroatoms. The summed E-state index contributed by atoms with van der Waals surface area (Å²) in [5, 5.41) is 2.77. The highest BCUT2D eigenvalue weighted by atomic mass is 79.9. The Bertz CT molecular complexity index is 1120. The Labute approximate surface area is 221 Å². The zero-order chi connectivity index (χ0) is 26.0. The van der Waals surface area contributed by atoms with Crippen molar-refractivity contribution < 1.29 is 27.8 Å². The summed E-state index contributed by atoms with van der Waals surface area (Å²) in [6.45, 7) is 6.50. The first kappa shape index (κ1) is 26.6. The zero-order valence-electron chi connectivity index (χ0n) is 19.9. The summed E-state index contributed by atoms with van der Waals surface area (Å²) < 4.78 is 36.0. The molecule has 1 fully saturated rings. The molecule has 0 saturated carbocycles. The van der Waals surface area contributed by atoms with Crippen molar-refractivity contribution in [3.05, 3.63) is 52.0 Å². The molecule has 1 unspecified atom stereocenters. The van der Waals surface area contributed by atoms with Crippen LogP contribution in [0.25, 0.3) is 0 Å². The maximum atomic E-state index is 13.0. The fraction of sp³-hybridized carbons (Fsp3) is 0.440. The number of carbonyl (C=O) groups excluding carboxylic acids is 2. The number of rotatable bonds is 7. The minimum Gasteiger partial charge on any atom is -0.420 e. The van der Waals surface area contributed by atoms with Gasteiger partial charge in [-0.1, -0.05) is 0 Å². The average molecular weight is 587 g/mol. The number of benzene rings is 2. The average Bonchev–Trinajstić information content (AvgIpc) is 3.18. The Morgan fingerprint density at radius 3 is 2.50 bits per heavy atom. The lowest BCUT2D eigenvalue weighted by molar-refractivity contribution is -0.135. The van der Waals surface area contributed by atoms with Crippen molar-refractivity contribution in [1.29, 1.82) is 0 Å². The van der Waals surface area contributed by atoms with E-state index in [2.05, 4.69) is 44.7 Å². The number of nitrogens with zero attached hydrogens (tertiary/aromatic N) is 2. The summed E-state index contributed by atoms with van der Waals surface area (Å²) in [7, 11) is 0. The molecule has 2 aromatic carbocycles. The second-order valence-electron chi connectivity index (χ2n) is 9.05. The molecule has 36 heavy (non-hydrogen) atoms. The Morgan fingerprint density at radius 2 is 1.89 bits per heavy atom. The van der Waals surface area contributed by atoms with E-state index in [1.807, 2.05) is 11.0 Å². The minimum atomic E-state index is -3.81. The largest absolute Gasteiger partial charge is 0.487 e. The number of alkyl halides is 3. The van der Waals surface area contributed by atoms with Gasteiger partial charge in [0.25, 0.3) is 5.91 Å². The molecule has 194 valence electrons. The maximum absolute atomic E-state index is 13.0. The summed E-state index contributed by atoms with van der Waals surface area (Å²) in [5.74, 6) is -0.367. The molecule has 1 atom stereocenters. The van der Waals surface area contributed by atoms with Gasteiger partial charge in [-0.25, -0.2) is 0 Å². The van der Waals surface area contributed by atoms with Crippen LogP contribution in [0.1, 0.15) is 36.2 Å². The second kappa shape index (κ2) is 10.9. The van der Waals surface area contributed by atoms with Gasteiger partial charge in [-0.2, -0.15) is 0 Å². The lowest BCUT2D eigenvalue weighted by atomic mass is 10.0. The van der Waals surface area contributed by atoms with Crippen molar-refractivity contribution in [3.63, 3.8) is 0 Å². The molecule has 1 N–H and O–H groups in total. The van der Waals surface area contributed by atoms with E-state index in [-0.39, 0.29) is 29.6 Å². The Morgan fingerprint density at radius 1 is 1.22 bits per heavy atom. The van der Waals surface area contributed by atoms with E-state index in [0.29, 0.717) is 50.4 Å². The highest BCUT2D eigenvalue weighted by Gasteiger charge is 2.36. The number of ether oxygens (including phenoxy) is 2. The fourth-order valence-electron chi connectivity index (χ4n) is 4.70. The first-order chi connectivity index (χ1) is 17.0. The standard InChI is InChI=1S/C25H27BrClF2N3O4/c1-15(2)32-19(14-22(33)31-7-9-35-10-8-31)12-16-11-17(13-21(26)23(16)32)24(34)30-18-3-5-20(6-4-18)36-25(27,28)29/h3-6,11,13,15,19H,7-10,12,14H2,1-2H3,(H,30,34). The molecular formula is C25H27BrClF2N3O4. The van der Waals surface area contributed by atoms with Crippen LogP contribution < -0.4 is 15.0 Å². The van der Waals surface area contributed by atoms with Crippen LogP contribution in [0.4, 0.5) is 20.2 Å². The SMILES string of the molecule is CC(C)N1c2c(Br)cc(C(=O)Nc3ccc(OC(F)(F)Cl)cc3)cc2CC1CC(=O)N1CCOCC1. The third-order valence-corrected chi connectivity index (χ3v) is 6.87. The predicted molar refractivity (Wildman–Crippen MR) is 137 cm³/mol. The van der Waals surface area contributed by atoms with Crippen LogP contribution in [-0.4, -0.2) is 60.7 Å². The number of fused-ring (bicyclic) bond motifs is 1. The van der Waals surface area contributed by atoms with Crippen molar-refractivity contribution in [3.8, 4) is 5.75 Å². The van der Waals surface area contributed by atoms with Crippen LogP contribution in [0.15, 0.2) is 40.9 Å². The lowest BCUT2D eigenvalue weighted by Gasteiger charge is -2.34. The number of nitrogens with one attached hydrogen (secondary N) is 1. The number of hydrogen-bond acceptors (Lipinski definition) is 5. The number of hydrogen-bond donors (Lipinski definition) is 1. The van der Waals surface area contributed by atoms with Gasteiger partial charge in [-0.3, -0.25) is 9.59 Å². The maximum Gasteiger partial charge on any atom is 0.487 e. The molecule has 1 saturated heterocycles. The summed E-state index contributed by atoms with van der Waals surface area (Å²) in [6, 6.07) is 9.22. The van der Waals surface area contributed by atoms with E-state index in [0.717, 1.165) is 15.7 Å². The molecule has 0 bridgehead atoms. The van der Waals surface area contributed by atoms with Gasteiger partial charge in [0.05, 0.1) is 18.9 Å². The molecule has 2 aliphatic rings. The molecular weight excluding hydrogens is 560 g/mol. The van der Waals surface area contributed by atoms with Crippen LogP contribution in [0.3, 0.4) is 0 Å². The molecule has 0 radical (unpaired) electrons. The lowest BCUT2D eigenvalue weighted by Crippen LogP contribution is -2.45. The molecule has 7 nitrogen and oxygen atoms in total. The number of morpholine rings is 1. The van der Waals surface area contributed by atoms with Gasteiger partial charge in [0, 0.05) is 58.9 Å². The summed E-state index contributed by atoms with van der Waals surface area (Å²) >= 11 is 8.42. The molecule has 0 spiro atoms. The van der Waals surface area contributed by atoms with Crippen molar-refractivity contribution in [1.82, 2.24) is 4.90 Å². The predicted octanol–water partition coefficient (Wildman–Crippen LogP) is 5.26. The summed E-state index contributed by atoms with van der Waals surface area (Å²) in [5.41, 5.74) is -0.978. The van der Waals surface area contributed by atoms with Gasteiger partial charge in [0.15, 0.2) is 0 Å². The third-order valence-electron chi connectivity index (χ3n) is 6.19. The van der Waals surface area contributed by atoms with E-state index in [9.17, 15) is 18.4 Å². The Balaban J connectivity index is 1.49. The zero-order valence-corrected chi connectivity index (χ0v) is 22.2. The molecule has 2 aliphatic heterocycles. The van der Waals surface area contributed by atoms with Crippen LogP contribution in [0.5, 0.6) is 5.75 Å². The molecule has 4 rings (SSSR count). The monoisotopic (exact) mass is 585 g/mol. The number of amides is 2. The van der Waals surface area contributed by atoms with Gasteiger partial charge in [-0.05, 0) is 78.2 Å². The van der Waals surface area contributed by atoms with E-state index in [4.69, 9.17) is 16.3 Å². The minimum absolute atomic E-state index is 0.0161. The van der Waals surface area contributed by atoms with Gasteiger partial charge in [-0.15, -0.1) is 8.78 Å². The summed E-state index contributed by atoms with van der Waals surface area (Å²) in [4.78, 5) is 30.0. The second-order valence-corrected chi connectivity index (χ2v) is 10.3. The summed E-state index contributed by atoms with van der Waals surface area (Å²) in [6.07, 6.45) is 1.03. The van der Waals surface area contributed by atoms with Gasteiger partial charge in [0.2, 0.25) is 5.91 Å². The molecule has 2 heterocycles. The fourth-order valence-corrected chi connectivity index (χ4v) is 5.50. The normalized spacial score (nSPS) is 17.8. The van der Waals surface area contributed by atoms with Crippen molar-refractivity contribution in [2.24, 2.45) is 0 Å². The highest BCUT2D eigenvalue weighted by molar-refractivity contribution is 9.10. The van der Waals surface area contributed by atoms with E-state index in [1.165, 1.54) is 24.3 Å². The smallest absolute Gasteiger partial charge is 0.420 e.